The summed E-state index contributed by atoms with van der Waals surface area (Å²) in [4.78, 5) is 24.1. The van der Waals surface area contributed by atoms with Crippen molar-refractivity contribution in [2.45, 2.75) is 20.0 Å². The van der Waals surface area contributed by atoms with Gasteiger partial charge in [-0.25, -0.2) is 5.43 Å². The van der Waals surface area contributed by atoms with Crippen molar-refractivity contribution in [3.05, 3.63) is 94.5 Å². The molecule has 2 N–H and O–H groups in total. The van der Waals surface area contributed by atoms with E-state index in [0.717, 1.165) is 17.5 Å². The molecule has 0 unspecified atom stereocenters. The minimum Gasteiger partial charge on any atom is -0.494 e. The minimum atomic E-state index is -0.435. The zero-order valence-electron chi connectivity index (χ0n) is 18.8. The second kappa shape index (κ2) is 13.0. The predicted octanol–water partition coefficient (Wildman–Crippen LogP) is 4.59. The van der Waals surface area contributed by atoms with E-state index in [1.165, 1.54) is 6.21 Å². The van der Waals surface area contributed by atoms with Crippen molar-refractivity contribution in [3.63, 3.8) is 0 Å². The third-order valence-electron chi connectivity index (χ3n) is 4.60. The number of amides is 2. The summed E-state index contributed by atoms with van der Waals surface area (Å²) in [6, 6.07) is 21.5. The molecule has 34 heavy (non-hydrogen) atoms. The number of carbonyl (C=O) groups excluding carboxylic acids is 2. The summed E-state index contributed by atoms with van der Waals surface area (Å²) in [6.45, 7) is 2.88. The number of nitrogens with one attached hydrogen (secondary N) is 2. The molecule has 3 aromatic carbocycles. The first-order valence-corrected chi connectivity index (χ1v) is 11.2. The molecule has 0 aromatic heterocycles. The standard InChI is InChI=1S/C26H26ClN3O4/c1-2-15-33-23-13-7-21(8-14-23)26(32)28-17-25(31)30-29-16-19-5-11-24(12-6-19)34-18-20-3-9-22(27)10-4-20/h3-14,16H,2,15,17-18H2,1H3,(H,28,32)(H,30,31)/b29-16+. The molecule has 0 heterocycles. The van der Waals surface area contributed by atoms with Crippen LogP contribution >= 0.6 is 11.6 Å². The van der Waals surface area contributed by atoms with Gasteiger partial charge in [-0.15, -0.1) is 0 Å². The molecule has 0 saturated carbocycles. The van der Waals surface area contributed by atoms with Crippen LogP contribution in [0.15, 0.2) is 77.9 Å². The lowest BCUT2D eigenvalue weighted by Gasteiger charge is -2.07. The fourth-order valence-electron chi connectivity index (χ4n) is 2.80. The first-order chi connectivity index (χ1) is 16.5. The molecule has 0 aliphatic rings. The van der Waals surface area contributed by atoms with E-state index in [1.54, 1.807) is 24.3 Å². The fourth-order valence-corrected chi connectivity index (χ4v) is 2.93. The van der Waals surface area contributed by atoms with Gasteiger partial charge in [0, 0.05) is 10.6 Å². The smallest absolute Gasteiger partial charge is 0.259 e. The third kappa shape index (κ3) is 8.26. The molecule has 8 heteroatoms. The molecule has 0 fully saturated rings. The highest BCUT2D eigenvalue weighted by Crippen LogP contribution is 2.15. The van der Waals surface area contributed by atoms with Crippen LogP contribution in [-0.2, 0) is 11.4 Å². The van der Waals surface area contributed by atoms with E-state index >= 15 is 0 Å². The average molecular weight is 480 g/mol. The van der Waals surface area contributed by atoms with Gasteiger partial charge in [0.2, 0.25) is 0 Å². The van der Waals surface area contributed by atoms with Gasteiger partial charge in [-0.3, -0.25) is 9.59 Å². The largest absolute Gasteiger partial charge is 0.494 e. The van der Waals surface area contributed by atoms with E-state index in [0.29, 0.717) is 35.3 Å². The maximum atomic E-state index is 12.2. The Bertz CT molecular complexity index is 1100. The van der Waals surface area contributed by atoms with Crippen molar-refractivity contribution in [2.75, 3.05) is 13.2 Å². The molecule has 3 rings (SSSR count). The topological polar surface area (TPSA) is 89.0 Å². The molecular weight excluding hydrogens is 454 g/mol. The van der Waals surface area contributed by atoms with E-state index in [4.69, 9.17) is 21.1 Å². The van der Waals surface area contributed by atoms with Crippen molar-refractivity contribution < 1.29 is 19.1 Å². The van der Waals surface area contributed by atoms with Gasteiger partial charge in [-0.2, -0.15) is 5.10 Å². The third-order valence-corrected chi connectivity index (χ3v) is 4.85. The number of benzene rings is 3. The number of hydrazone groups is 1. The van der Waals surface area contributed by atoms with Gasteiger partial charge in [-0.05, 0) is 78.2 Å². The van der Waals surface area contributed by atoms with Gasteiger partial charge in [0.25, 0.3) is 11.8 Å². The molecule has 0 bridgehead atoms. The summed E-state index contributed by atoms with van der Waals surface area (Å²) in [5.41, 5.74) is 4.64. The lowest BCUT2D eigenvalue weighted by atomic mass is 10.2. The number of hydrogen-bond acceptors (Lipinski definition) is 5. The highest BCUT2D eigenvalue weighted by atomic mass is 35.5. The van der Waals surface area contributed by atoms with Crippen LogP contribution in [0.25, 0.3) is 0 Å². The minimum absolute atomic E-state index is 0.193. The van der Waals surface area contributed by atoms with Crippen LogP contribution in [0, 0.1) is 0 Å². The maximum Gasteiger partial charge on any atom is 0.259 e. The van der Waals surface area contributed by atoms with Gasteiger partial charge in [0.05, 0.1) is 19.4 Å². The number of hydrogen-bond donors (Lipinski definition) is 2. The van der Waals surface area contributed by atoms with Crippen LogP contribution in [-0.4, -0.2) is 31.2 Å². The zero-order valence-corrected chi connectivity index (χ0v) is 19.5. The van der Waals surface area contributed by atoms with Gasteiger partial charge in [0.1, 0.15) is 18.1 Å². The molecular formula is C26H26ClN3O4. The normalized spacial score (nSPS) is 10.6. The number of ether oxygens (including phenoxy) is 2. The maximum absolute atomic E-state index is 12.2. The molecule has 0 spiro atoms. The lowest BCUT2D eigenvalue weighted by Crippen LogP contribution is -2.34. The van der Waals surface area contributed by atoms with Crippen molar-refractivity contribution in [3.8, 4) is 11.5 Å². The Morgan fingerprint density at radius 3 is 2.24 bits per heavy atom. The van der Waals surface area contributed by atoms with Gasteiger partial charge < -0.3 is 14.8 Å². The van der Waals surface area contributed by atoms with Crippen LogP contribution in [0.2, 0.25) is 5.02 Å². The molecule has 0 saturated heterocycles. The predicted molar refractivity (Wildman–Crippen MR) is 133 cm³/mol. The second-order valence-electron chi connectivity index (χ2n) is 7.33. The molecule has 7 nitrogen and oxygen atoms in total. The van der Waals surface area contributed by atoms with Crippen LogP contribution in [0.5, 0.6) is 11.5 Å². The molecule has 0 aliphatic heterocycles. The molecule has 2 amide bonds. The van der Waals surface area contributed by atoms with Crippen molar-refractivity contribution in [1.29, 1.82) is 0 Å². The van der Waals surface area contributed by atoms with Crippen LogP contribution in [0.4, 0.5) is 0 Å². The Hall–Kier alpha value is -3.84. The van der Waals surface area contributed by atoms with E-state index in [9.17, 15) is 9.59 Å². The summed E-state index contributed by atoms with van der Waals surface area (Å²) in [5.74, 6) is 0.626. The Labute approximate surface area is 203 Å². The number of rotatable bonds is 11. The molecule has 0 radical (unpaired) electrons. The summed E-state index contributed by atoms with van der Waals surface area (Å²) >= 11 is 5.88. The van der Waals surface area contributed by atoms with Crippen LogP contribution in [0.3, 0.4) is 0 Å². The Morgan fingerprint density at radius 1 is 0.912 bits per heavy atom. The summed E-state index contributed by atoms with van der Waals surface area (Å²) in [6.07, 6.45) is 2.42. The fraction of sp³-hybridized carbons (Fsp3) is 0.192. The summed E-state index contributed by atoms with van der Waals surface area (Å²) in [7, 11) is 0. The Balaban J connectivity index is 1.38. The first-order valence-electron chi connectivity index (χ1n) is 10.8. The first kappa shape index (κ1) is 24.8. The van der Waals surface area contributed by atoms with Crippen molar-refractivity contribution >= 4 is 29.6 Å². The van der Waals surface area contributed by atoms with E-state index < -0.39 is 5.91 Å². The summed E-state index contributed by atoms with van der Waals surface area (Å²) < 4.78 is 11.2. The van der Waals surface area contributed by atoms with E-state index in [2.05, 4.69) is 15.8 Å². The zero-order chi connectivity index (χ0) is 24.2. The van der Waals surface area contributed by atoms with Gasteiger partial charge in [-0.1, -0.05) is 30.7 Å². The van der Waals surface area contributed by atoms with Crippen molar-refractivity contribution in [2.24, 2.45) is 5.10 Å². The van der Waals surface area contributed by atoms with E-state index in [-0.39, 0.29) is 12.5 Å². The summed E-state index contributed by atoms with van der Waals surface area (Å²) in [5, 5.41) is 7.16. The van der Waals surface area contributed by atoms with Crippen LogP contribution < -0.4 is 20.2 Å². The van der Waals surface area contributed by atoms with Crippen molar-refractivity contribution in [1.82, 2.24) is 10.7 Å². The van der Waals surface area contributed by atoms with Gasteiger partial charge in [0.15, 0.2) is 0 Å². The highest BCUT2D eigenvalue weighted by molar-refractivity contribution is 6.30. The second-order valence-corrected chi connectivity index (χ2v) is 7.77. The van der Waals surface area contributed by atoms with Gasteiger partial charge >= 0.3 is 0 Å². The molecule has 3 aromatic rings. The SMILES string of the molecule is CCCOc1ccc(C(=O)NCC(=O)N/N=C/c2ccc(OCc3ccc(Cl)cc3)cc2)cc1. The lowest BCUT2D eigenvalue weighted by molar-refractivity contribution is -0.120. The monoisotopic (exact) mass is 479 g/mol. The number of carbonyl (C=O) groups is 2. The molecule has 176 valence electrons. The molecule has 0 aliphatic carbocycles. The Morgan fingerprint density at radius 2 is 1.56 bits per heavy atom. The molecule has 0 atom stereocenters. The number of halogens is 1. The highest BCUT2D eigenvalue weighted by Gasteiger charge is 2.08. The Kier molecular flexibility index (Phi) is 9.49. The average Bonchev–Trinajstić information content (AvgIpc) is 2.87. The van der Waals surface area contributed by atoms with Crippen LogP contribution in [0.1, 0.15) is 34.8 Å². The quantitative estimate of drug-likeness (QED) is 0.311. The van der Waals surface area contributed by atoms with E-state index in [1.807, 2.05) is 55.5 Å². The number of nitrogens with zero attached hydrogens (tertiary/aromatic N) is 1.